The maximum atomic E-state index is 8.97. The second-order valence-corrected chi connectivity index (χ2v) is 2.79. The molecule has 0 bridgehead atoms. The second-order valence-electron chi connectivity index (χ2n) is 2.79. The van der Waals surface area contributed by atoms with E-state index >= 15 is 0 Å². The molecule has 0 saturated heterocycles. The zero-order valence-corrected chi connectivity index (χ0v) is 6.49. The average molecular weight is 148 g/mol. The Morgan fingerprint density at radius 2 is 1.70 bits per heavy atom. The zero-order valence-electron chi connectivity index (χ0n) is 6.49. The summed E-state index contributed by atoms with van der Waals surface area (Å²) in [6.07, 6.45) is -0.653. The standard InChI is InChI=1S/C7H16O3/c1-5(6(2)9)3-7(10)4-8/h5-10H,3-4H2,1-2H3. The molecule has 62 valence electrons. The van der Waals surface area contributed by atoms with Gasteiger partial charge in [0.05, 0.1) is 18.8 Å². The van der Waals surface area contributed by atoms with Gasteiger partial charge in [-0.2, -0.15) is 0 Å². The lowest BCUT2D eigenvalue weighted by Gasteiger charge is -2.16. The minimum absolute atomic E-state index is 0.0437. The van der Waals surface area contributed by atoms with Gasteiger partial charge in [0.15, 0.2) is 0 Å². The molecule has 0 amide bonds. The molecule has 3 N–H and O–H groups in total. The van der Waals surface area contributed by atoms with Crippen molar-refractivity contribution in [3.63, 3.8) is 0 Å². The van der Waals surface area contributed by atoms with Gasteiger partial charge in [0, 0.05) is 0 Å². The first kappa shape index (κ1) is 9.88. The van der Waals surface area contributed by atoms with Crippen LogP contribution in [0.3, 0.4) is 0 Å². The maximum absolute atomic E-state index is 8.97. The highest BCUT2D eigenvalue weighted by Crippen LogP contribution is 2.09. The van der Waals surface area contributed by atoms with Gasteiger partial charge in [0.2, 0.25) is 0 Å². The normalized spacial score (nSPS) is 20.1. The third kappa shape index (κ3) is 3.82. The molecule has 0 aromatic heterocycles. The minimum Gasteiger partial charge on any atom is -0.394 e. The molecule has 10 heavy (non-hydrogen) atoms. The van der Waals surface area contributed by atoms with Crippen molar-refractivity contribution in [3.05, 3.63) is 0 Å². The van der Waals surface area contributed by atoms with Gasteiger partial charge in [-0.05, 0) is 19.3 Å². The molecule has 0 aromatic carbocycles. The summed E-state index contributed by atoms with van der Waals surface area (Å²) in [6.45, 7) is 3.29. The van der Waals surface area contributed by atoms with E-state index in [1.54, 1.807) is 6.92 Å². The van der Waals surface area contributed by atoms with Crippen LogP contribution in [0.25, 0.3) is 0 Å². The minimum atomic E-state index is -0.690. The van der Waals surface area contributed by atoms with Gasteiger partial charge < -0.3 is 15.3 Å². The number of rotatable bonds is 4. The molecule has 0 aromatic rings. The summed E-state index contributed by atoms with van der Waals surface area (Å²) in [6, 6.07) is 0. The molecule has 3 atom stereocenters. The Balaban J connectivity index is 3.46. The van der Waals surface area contributed by atoms with Gasteiger partial charge >= 0.3 is 0 Å². The first-order valence-electron chi connectivity index (χ1n) is 3.55. The van der Waals surface area contributed by atoms with Crippen molar-refractivity contribution < 1.29 is 15.3 Å². The number of hydrogen-bond donors (Lipinski definition) is 3. The van der Waals surface area contributed by atoms with Gasteiger partial charge in [-0.15, -0.1) is 0 Å². The highest BCUT2D eigenvalue weighted by Gasteiger charge is 2.13. The first-order chi connectivity index (χ1) is 4.57. The first-order valence-corrected chi connectivity index (χ1v) is 3.55. The lowest BCUT2D eigenvalue weighted by Crippen LogP contribution is -2.22. The molecule has 0 heterocycles. The Bertz CT molecular complexity index is 82.9. The largest absolute Gasteiger partial charge is 0.394 e. The molecule has 3 unspecified atom stereocenters. The topological polar surface area (TPSA) is 60.7 Å². The Morgan fingerprint density at radius 1 is 1.20 bits per heavy atom. The Hall–Kier alpha value is -0.120. The molecular formula is C7H16O3. The highest BCUT2D eigenvalue weighted by atomic mass is 16.3. The molecule has 0 aliphatic heterocycles. The van der Waals surface area contributed by atoms with Crippen LogP contribution >= 0.6 is 0 Å². The summed E-state index contributed by atoms with van der Waals surface area (Å²) in [5.41, 5.74) is 0. The van der Waals surface area contributed by atoms with Crippen LogP contribution in [0.5, 0.6) is 0 Å². The molecule has 0 aliphatic carbocycles. The fourth-order valence-electron chi connectivity index (χ4n) is 0.701. The van der Waals surface area contributed by atoms with Crippen molar-refractivity contribution in [1.29, 1.82) is 0 Å². The van der Waals surface area contributed by atoms with Crippen molar-refractivity contribution >= 4 is 0 Å². The van der Waals surface area contributed by atoms with Gasteiger partial charge in [0.1, 0.15) is 0 Å². The van der Waals surface area contributed by atoms with Crippen molar-refractivity contribution in [2.45, 2.75) is 32.5 Å². The van der Waals surface area contributed by atoms with Gasteiger partial charge in [-0.25, -0.2) is 0 Å². The van der Waals surface area contributed by atoms with E-state index in [2.05, 4.69) is 0 Å². The van der Waals surface area contributed by atoms with Crippen molar-refractivity contribution in [2.24, 2.45) is 5.92 Å². The van der Waals surface area contributed by atoms with E-state index in [9.17, 15) is 0 Å². The maximum Gasteiger partial charge on any atom is 0.0774 e. The van der Waals surface area contributed by atoms with Gasteiger partial charge in [-0.1, -0.05) is 6.92 Å². The van der Waals surface area contributed by atoms with Crippen LogP contribution in [-0.4, -0.2) is 34.1 Å². The lowest BCUT2D eigenvalue weighted by atomic mass is 9.99. The average Bonchev–Trinajstić information content (AvgIpc) is 1.87. The fraction of sp³-hybridized carbons (Fsp3) is 1.00. The zero-order chi connectivity index (χ0) is 8.15. The van der Waals surface area contributed by atoms with Crippen LogP contribution in [0, 0.1) is 5.92 Å². The third-order valence-electron chi connectivity index (χ3n) is 1.68. The summed E-state index contributed by atoms with van der Waals surface area (Å²) >= 11 is 0. The Morgan fingerprint density at radius 3 is 2.00 bits per heavy atom. The Kier molecular flexibility index (Phi) is 4.60. The summed E-state index contributed by atoms with van der Waals surface area (Å²) in [4.78, 5) is 0. The molecule has 3 heteroatoms. The molecule has 0 saturated carbocycles. The molecular weight excluding hydrogens is 132 g/mol. The summed E-state index contributed by atoms with van der Waals surface area (Å²) < 4.78 is 0. The lowest BCUT2D eigenvalue weighted by molar-refractivity contribution is 0.0460. The number of aliphatic hydroxyl groups is 3. The van der Waals surface area contributed by atoms with Crippen LogP contribution in [0.4, 0.5) is 0 Å². The fourth-order valence-corrected chi connectivity index (χ4v) is 0.701. The van der Waals surface area contributed by atoms with Crippen molar-refractivity contribution in [2.75, 3.05) is 6.61 Å². The Labute approximate surface area is 61.3 Å². The predicted octanol–water partition coefficient (Wildman–Crippen LogP) is -0.253. The van der Waals surface area contributed by atoms with Crippen molar-refractivity contribution in [3.8, 4) is 0 Å². The summed E-state index contributed by atoms with van der Waals surface area (Å²) in [5, 5.41) is 26.3. The van der Waals surface area contributed by atoms with Crippen LogP contribution in [0.15, 0.2) is 0 Å². The van der Waals surface area contributed by atoms with E-state index in [4.69, 9.17) is 15.3 Å². The predicted molar refractivity (Wildman–Crippen MR) is 38.6 cm³/mol. The van der Waals surface area contributed by atoms with Crippen LogP contribution in [-0.2, 0) is 0 Å². The molecule has 3 nitrogen and oxygen atoms in total. The SMILES string of the molecule is CC(O)C(C)CC(O)CO. The molecule has 0 rings (SSSR count). The van der Waals surface area contributed by atoms with E-state index in [0.29, 0.717) is 6.42 Å². The van der Waals surface area contributed by atoms with Gasteiger partial charge in [0.25, 0.3) is 0 Å². The number of hydrogen-bond acceptors (Lipinski definition) is 3. The summed E-state index contributed by atoms with van der Waals surface area (Å²) in [7, 11) is 0. The van der Waals surface area contributed by atoms with E-state index in [0.717, 1.165) is 0 Å². The molecule has 0 aliphatic rings. The summed E-state index contributed by atoms with van der Waals surface area (Å²) in [5.74, 6) is 0.0437. The highest BCUT2D eigenvalue weighted by molar-refractivity contribution is 4.64. The van der Waals surface area contributed by atoms with Crippen molar-refractivity contribution in [1.82, 2.24) is 0 Å². The quantitative estimate of drug-likeness (QED) is 0.515. The van der Waals surface area contributed by atoms with Crippen LogP contribution in [0.1, 0.15) is 20.3 Å². The van der Waals surface area contributed by atoms with Crippen LogP contribution < -0.4 is 0 Å². The molecule has 0 spiro atoms. The van der Waals surface area contributed by atoms with E-state index < -0.39 is 12.2 Å². The number of aliphatic hydroxyl groups excluding tert-OH is 3. The van der Waals surface area contributed by atoms with E-state index in [1.165, 1.54) is 0 Å². The van der Waals surface area contributed by atoms with E-state index in [1.807, 2.05) is 6.92 Å². The smallest absolute Gasteiger partial charge is 0.0774 e. The van der Waals surface area contributed by atoms with Crippen LogP contribution in [0.2, 0.25) is 0 Å². The van der Waals surface area contributed by atoms with Gasteiger partial charge in [-0.3, -0.25) is 0 Å². The second kappa shape index (κ2) is 4.66. The third-order valence-corrected chi connectivity index (χ3v) is 1.68. The monoisotopic (exact) mass is 148 g/mol. The van der Waals surface area contributed by atoms with E-state index in [-0.39, 0.29) is 12.5 Å². The molecule has 0 fully saturated rings. The molecule has 0 radical (unpaired) electrons.